The Morgan fingerprint density at radius 1 is 1.09 bits per heavy atom. The SMILES string of the molecule is CC1OC(C)[C@H](N)[C@H](O)[C@@H]1O. The molecule has 1 fully saturated rings. The molecule has 0 radical (unpaired) electrons. The van der Waals surface area contributed by atoms with Crippen LogP contribution in [0.5, 0.6) is 0 Å². The molecule has 11 heavy (non-hydrogen) atoms. The molecule has 2 unspecified atom stereocenters. The lowest BCUT2D eigenvalue weighted by Crippen LogP contribution is -2.59. The average molecular weight is 161 g/mol. The summed E-state index contributed by atoms with van der Waals surface area (Å²) in [6.45, 7) is 3.51. The third-order valence-electron chi connectivity index (χ3n) is 2.20. The van der Waals surface area contributed by atoms with Crippen molar-refractivity contribution in [2.24, 2.45) is 5.73 Å². The maximum atomic E-state index is 9.33. The second kappa shape index (κ2) is 3.06. The highest BCUT2D eigenvalue weighted by Gasteiger charge is 2.38. The Morgan fingerprint density at radius 2 is 1.64 bits per heavy atom. The average Bonchev–Trinajstić information content (AvgIpc) is 1.97. The van der Waals surface area contributed by atoms with Gasteiger partial charge >= 0.3 is 0 Å². The second-order valence-corrected chi connectivity index (χ2v) is 3.10. The number of hydrogen-bond donors (Lipinski definition) is 3. The van der Waals surface area contributed by atoms with Gasteiger partial charge in [-0.2, -0.15) is 0 Å². The fraction of sp³-hybridized carbons (Fsp3) is 1.00. The number of aliphatic hydroxyl groups is 2. The van der Waals surface area contributed by atoms with Gasteiger partial charge in [0.1, 0.15) is 6.10 Å². The summed E-state index contributed by atoms with van der Waals surface area (Å²) < 4.78 is 5.25. The molecular weight excluding hydrogens is 146 g/mol. The number of aliphatic hydroxyl groups excluding tert-OH is 2. The third kappa shape index (κ3) is 1.54. The van der Waals surface area contributed by atoms with Crippen molar-refractivity contribution in [3.05, 3.63) is 0 Å². The summed E-state index contributed by atoms with van der Waals surface area (Å²) in [5.74, 6) is 0. The Hall–Kier alpha value is -0.160. The molecule has 0 aromatic carbocycles. The summed E-state index contributed by atoms with van der Waals surface area (Å²) in [7, 11) is 0. The van der Waals surface area contributed by atoms with Crippen molar-refractivity contribution >= 4 is 0 Å². The standard InChI is InChI=1S/C7H15NO3/c1-3-5(8)7(10)6(9)4(2)11-3/h3-7,9-10H,8H2,1-2H3/t3?,4?,5-,6+,7-/m0/s1. The van der Waals surface area contributed by atoms with Crippen LogP contribution in [0.4, 0.5) is 0 Å². The van der Waals surface area contributed by atoms with Gasteiger partial charge in [0.25, 0.3) is 0 Å². The Kier molecular flexibility index (Phi) is 2.49. The van der Waals surface area contributed by atoms with E-state index in [0.29, 0.717) is 0 Å². The Morgan fingerprint density at radius 3 is 2.18 bits per heavy atom. The van der Waals surface area contributed by atoms with Gasteiger partial charge in [-0.3, -0.25) is 0 Å². The lowest BCUT2D eigenvalue weighted by molar-refractivity contribution is -0.166. The van der Waals surface area contributed by atoms with Crippen molar-refractivity contribution in [3.63, 3.8) is 0 Å². The Balaban J connectivity index is 2.63. The van der Waals surface area contributed by atoms with E-state index >= 15 is 0 Å². The zero-order chi connectivity index (χ0) is 8.59. The first-order valence-electron chi connectivity index (χ1n) is 3.81. The molecule has 4 N–H and O–H groups in total. The van der Waals surface area contributed by atoms with Gasteiger partial charge in [0.05, 0.1) is 24.4 Å². The van der Waals surface area contributed by atoms with Gasteiger partial charge in [0.2, 0.25) is 0 Å². The quantitative estimate of drug-likeness (QED) is 0.419. The first-order chi connectivity index (χ1) is 5.04. The number of rotatable bonds is 0. The molecule has 4 heteroatoms. The fourth-order valence-corrected chi connectivity index (χ4v) is 1.29. The van der Waals surface area contributed by atoms with Crippen LogP contribution in [0, 0.1) is 0 Å². The number of ether oxygens (including phenoxy) is 1. The van der Waals surface area contributed by atoms with Crippen molar-refractivity contribution in [1.82, 2.24) is 0 Å². The monoisotopic (exact) mass is 161 g/mol. The maximum Gasteiger partial charge on any atom is 0.107 e. The van der Waals surface area contributed by atoms with Crippen LogP contribution < -0.4 is 5.73 Å². The summed E-state index contributed by atoms with van der Waals surface area (Å²) >= 11 is 0. The molecule has 1 saturated heterocycles. The molecular formula is C7H15NO3. The second-order valence-electron chi connectivity index (χ2n) is 3.10. The fourth-order valence-electron chi connectivity index (χ4n) is 1.29. The molecule has 1 aliphatic heterocycles. The van der Waals surface area contributed by atoms with Crippen LogP contribution in [0.3, 0.4) is 0 Å². The van der Waals surface area contributed by atoms with E-state index in [1.54, 1.807) is 13.8 Å². The minimum absolute atomic E-state index is 0.191. The smallest absolute Gasteiger partial charge is 0.107 e. The Bertz CT molecular complexity index is 128. The highest BCUT2D eigenvalue weighted by Crippen LogP contribution is 2.18. The van der Waals surface area contributed by atoms with Crippen LogP contribution in [0.15, 0.2) is 0 Å². The van der Waals surface area contributed by atoms with Gasteiger partial charge < -0.3 is 20.7 Å². The molecule has 0 amide bonds. The van der Waals surface area contributed by atoms with Crippen LogP contribution >= 0.6 is 0 Å². The molecule has 0 aromatic heterocycles. The summed E-state index contributed by atoms with van der Waals surface area (Å²) in [5.41, 5.74) is 5.54. The molecule has 1 aliphatic rings. The predicted octanol–water partition coefficient (Wildman–Crippen LogP) is -1.16. The van der Waals surface area contributed by atoms with Crippen molar-refractivity contribution in [2.45, 2.75) is 44.3 Å². The van der Waals surface area contributed by atoms with Gasteiger partial charge in [-0.1, -0.05) is 0 Å². The first kappa shape index (κ1) is 8.93. The largest absolute Gasteiger partial charge is 0.389 e. The maximum absolute atomic E-state index is 9.33. The predicted molar refractivity (Wildman–Crippen MR) is 40.0 cm³/mol. The van der Waals surface area contributed by atoms with E-state index in [2.05, 4.69) is 0 Å². The van der Waals surface area contributed by atoms with Crippen molar-refractivity contribution in [1.29, 1.82) is 0 Å². The molecule has 0 spiro atoms. The summed E-state index contributed by atoms with van der Waals surface area (Å²) in [4.78, 5) is 0. The van der Waals surface area contributed by atoms with Gasteiger partial charge in [-0.15, -0.1) is 0 Å². The van der Waals surface area contributed by atoms with Crippen LogP contribution in [0.2, 0.25) is 0 Å². The topological polar surface area (TPSA) is 75.7 Å². The van der Waals surface area contributed by atoms with E-state index in [9.17, 15) is 10.2 Å². The Labute approximate surface area is 66.0 Å². The van der Waals surface area contributed by atoms with E-state index in [0.717, 1.165) is 0 Å². The lowest BCUT2D eigenvalue weighted by Gasteiger charge is -2.38. The summed E-state index contributed by atoms with van der Waals surface area (Å²) in [6, 6.07) is -0.485. The number of nitrogens with two attached hydrogens (primary N) is 1. The minimum Gasteiger partial charge on any atom is -0.389 e. The zero-order valence-corrected chi connectivity index (χ0v) is 6.77. The van der Waals surface area contributed by atoms with Crippen LogP contribution in [-0.4, -0.2) is 40.7 Å². The van der Waals surface area contributed by atoms with Gasteiger partial charge in [0.15, 0.2) is 0 Å². The summed E-state index contributed by atoms with van der Waals surface area (Å²) in [6.07, 6.45) is -2.25. The van der Waals surface area contributed by atoms with Crippen LogP contribution in [-0.2, 0) is 4.74 Å². The van der Waals surface area contributed by atoms with E-state index in [4.69, 9.17) is 10.5 Å². The van der Waals surface area contributed by atoms with Gasteiger partial charge in [-0.25, -0.2) is 0 Å². The van der Waals surface area contributed by atoms with Crippen molar-refractivity contribution < 1.29 is 14.9 Å². The molecule has 0 bridgehead atoms. The van der Waals surface area contributed by atoms with Crippen molar-refractivity contribution in [2.75, 3.05) is 0 Å². The van der Waals surface area contributed by atoms with E-state index in [-0.39, 0.29) is 12.2 Å². The first-order valence-corrected chi connectivity index (χ1v) is 3.81. The minimum atomic E-state index is -0.867. The molecule has 1 heterocycles. The van der Waals surface area contributed by atoms with Crippen LogP contribution in [0.1, 0.15) is 13.8 Å². The van der Waals surface area contributed by atoms with E-state index < -0.39 is 18.2 Å². The third-order valence-corrected chi connectivity index (χ3v) is 2.20. The molecule has 4 nitrogen and oxygen atoms in total. The summed E-state index contributed by atoms with van der Waals surface area (Å²) in [5, 5.41) is 18.6. The molecule has 66 valence electrons. The number of hydrogen-bond acceptors (Lipinski definition) is 4. The highest BCUT2D eigenvalue weighted by molar-refractivity contribution is 4.91. The molecule has 1 rings (SSSR count). The molecule has 0 saturated carbocycles. The van der Waals surface area contributed by atoms with E-state index in [1.165, 1.54) is 0 Å². The van der Waals surface area contributed by atoms with Crippen molar-refractivity contribution in [3.8, 4) is 0 Å². The van der Waals surface area contributed by atoms with Crippen LogP contribution in [0.25, 0.3) is 0 Å². The van der Waals surface area contributed by atoms with Gasteiger partial charge in [0, 0.05) is 0 Å². The molecule has 0 aliphatic carbocycles. The lowest BCUT2D eigenvalue weighted by atomic mass is 9.95. The molecule has 5 atom stereocenters. The normalized spacial score (nSPS) is 52.6. The van der Waals surface area contributed by atoms with E-state index in [1.807, 2.05) is 0 Å². The highest BCUT2D eigenvalue weighted by atomic mass is 16.5. The zero-order valence-electron chi connectivity index (χ0n) is 6.77. The van der Waals surface area contributed by atoms with Gasteiger partial charge in [-0.05, 0) is 13.8 Å². The molecule has 0 aromatic rings.